The summed E-state index contributed by atoms with van der Waals surface area (Å²) in [6, 6.07) is 14.3. The highest BCUT2D eigenvalue weighted by Crippen LogP contribution is 2.33. The van der Waals surface area contributed by atoms with Crippen molar-refractivity contribution in [3.8, 4) is 0 Å². The third-order valence-electron chi connectivity index (χ3n) is 3.53. The molecule has 1 unspecified atom stereocenters. The average Bonchev–Trinajstić information content (AvgIpc) is 2.81. The van der Waals surface area contributed by atoms with Gasteiger partial charge in [0.15, 0.2) is 0 Å². The zero-order chi connectivity index (χ0) is 15.0. The number of halogens is 2. The van der Waals surface area contributed by atoms with Crippen molar-refractivity contribution in [2.45, 2.75) is 13.0 Å². The Morgan fingerprint density at radius 1 is 1.05 bits per heavy atom. The van der Waals surface area contributed by atoms with Gasteiger partial charge in [-0.15, -0.1) is 0 Å². The van der Waals surface area contributed by atoms with E-state index < -0.39 is 0 Å². The molecule has 0 amide bonds. The highest BCUT2D eigenvalue weighted by Gasteiger charge is 2.16. The molecule has 0 aliphatic rings. The van der Waals surface area contributed by atoms with E-state index in [0.29, 0.717) is 0 Å². The molecule has 1 N–H and O–H groups in total. The van der Waals surface area contributed by atoms with Gasteiger partial charge in [0.2, 0.25) is 0 Å². The number of rotatable bonds is 3. The summed E-state index contributed by atoms with van der Waals surface area (Å²) < 4.78 is 4.20. The van der Waals surface area contributed by atoms with Gasteiger partial charge in [-0.3, -0.25) is 0 Å². The third kappa shape index (κ3) is 2.72. The molecule has 3 aromatic rings. The number of imidazole rings is 1. The van der Waals surface area contributed by atoms with Crippen molar-refractivity contribution in [3.63, 3.8) is 0 Å². The SMILES string of the molecule is CC(Nc1c(Br)cccc1Br)c1nc2ccccc2n1C. The molecular formula is C16H15Br2N3. The molecule has 3 rings (SSSR count). The summed E-state index contributed by atoms with van der Waals surface area (Å²) in [6.07, 6.45) is 0. The van der Waals surface area contributed by atoms with Gasteiger partial charge in [0, 0.05) is 16.0 Å². The van der Waals surface area contributed by atoms with Crippen molar-refractivity contribution >= 4 is 48.6 Å². The Kier molecular flexibility index (Phi) is 4.04. The summed E-state index contributed by atoms with van der Waals surface area (Å²) in [5.41, 5.74) is 3.21. The molecule has 1 aromatic heterocycles. The predicted octanol–water partition coefficient (Wildman–Crippen LogP) is 5.27. The van der Waals surface area contributed by atoms with E-state index in [0.717, 1.165) is 31.5 Å². The number of hydrogen-bond acceptors (Lipinski definition) is 2. The molecule has 0 bridgehead atoms. The fraction of sp³-hybridized carbons (Fsp3) is 0.188. The highest BCUT2D eigenvalue weighted by molar-refractivity contribution is 9.11. The Hall–Kier alpha value is -1.33. The molecule has 3 nitrogen and oxygen atoms in total. The summed E-state index contributed by atoms with van der Waals surface area (Å²) in [7, 11) is 2.05. The first-order chi connectivity index (χ1) is 10.1. The summed E-state index contributed by atoms with van der Waals surface area (Å²) in [5.74, 6) is 1.01. The first-order valence-electron chi connectivity index (χ1n) is 6.70. The minimum Gasteiger partial charge on any atom is -0.374 e. The van der Waals surface area contributed by atoms with E-state index >= 15 is 0 Å². The van der Waals surface area contributed by atoms with Crippen LogP contribution in [0.15, 0.2) is 51.4 Å². The van der Waals surface area contributed by atoms with Crippen molar-refractivity contribution in [1.82, 2.24) is 9.55 Å². The van der Waals surface area contributed by atoms with Crippen molar-refractivity contribution in [2.24, 2.45) is 7.05 Å². The molecule has 0 saturated heterocycles. The summed E-state index contributed by atoms with van der Waals surface area (Å²) in [4.78, 5) is 4.74. The number of hydrogen-bond donors (Lipinski definition) is 1. The lowest BCUT2D eigenvalue weighted by Gasteiger charge is -2.17. The van der Waals surface area contributed by atoms with Gasteiger partial charge in [0.1, 0.15) is 5.82 Å². The molecule has 5 heteroatoms. The van der Waals surface area contributed by atoms with Crippen LogP contribution in [0.4, 0.5) is 5.69 Å². The van der Waals surface area contributed by atoms with Gasteiger partial charge in [-0.25, -0.2) is 4.98 Å². The monoisotopic (exact) mass is 407 g/mol. The lowest BCUT2D eigenvalue weighted by molar-refractivity contribution is 0.733. The van der Waals surface area contributed by atoms with Crippen LogP contribution < -0.4 is 5.32 Å². The van der Waals surface area contributed by atoms with Crippen LogP contribution in [0.3, 0.4) is 0 Å². The second-order valence-corrected chi connectivity index (χ2v) is 6.69. The molecule has 0 radical (unpaired) electrons. The second-order valence-electron chi connectivity index (χ2n) is 4.98. The Morgan fingerprint density at radius 3 is 2.38 bits per heavy atom. The van der Waals surface area contributed by atoms with Crippen molar-refractivity contribution < 1.29 is 0 Å². The van der Waals surface area contributed by atoms with E-state index in [1.54, 1.807) is 0 Å². The lowest BCUT2D eigenvalue weighted by atomic mass is 10.2. The summed E-state index contributed by atoms with van der Waals surface area (Å²) in [5, 5.41) is 3.52. The first kappa shape index (κ1) is 14.6. The fourth-order valence-corrected chi connectivity index (χ4v) is 3.70. The molecule has 0 saturated carbocycles. The number of anilines is 1. The van der Waals surface area contributed by atoms with Crippen LogP contribution in [0.2, 0.25) is 0 Å². The molecule has 0 spiro atoms. The normalized spacial score (nSPS) is 12.6. The molecule has 2 aromatic carbocycles. The maximum Gasteiger partial charge on any atom is 0.131 e. The number of aromatic nitrogens is 2. The van der Waals surface area contributed by atoms with E-state index in [1.807, 2.05) is 36.4 Å². The van der Waals surface area contributed by atoms with Crippen molar-refractivity contribution in [1.29, 1.82) is 0 Å². The Morgan fingerprint density at radius 2 is 1.71 bits per heavy atom. The number of para-hydroxylation sites is 3. The number of benzene rings is 2. The first-order valence-corrected chi connectivity index (χ1v) is 8.28. The van der Waals surface area contributed by atoms with Gasteiger partial charge < -0.3 is 9.88 Å². The van der Waals surface area contributed by atoms with Gasteiger partial charge in [-0.1, -0.05) is 18.2 Å². The van der Waals surface area contributed by atoms with Gasteiger partial charge in [-0.2, -0.15) is 0 Å². The van der Waals surface area contributed by atoms with Crippen LogP contribution in [0.1, 0.15) is 18.8 Å². The largest absolute Gasteiger partial charge is 0.374 e. The quantitative estimate of drug-likeness (QED) is 0.639. The topological polar surface area (TPSA) is 29.9 Å². The highest BCUT2D eigenvalue weighted by atomic mass is 79.9. The van der Waals surface area contributed by atoms with Crippen molar-refractivity contribution in [2.75, 3.05) is 5.32 Å². The molecular weight excluding hydrogens is 394 g/mol. The molecule has 108 valence electrons. The number of nitrogens with one attached hydrogen (secondary N) is 1. The third-order valence-corrected chi connectivity index (χ3v) is 4.85. The van der Waals surface area contributed by atoms with Gasteiger partial charge in [-0.05, 0) is 63.0 Å². The molecule has 0 aliphatic carbocycles. The Balaban J connectivity index is 1.97. The van der Waals surface area contributed by atoms with Gasteiger partial charge in [0.25, 0.3) is 0 Å². The molecule has 1 atom stereocenters. The Labute approximate surface area is 140 Å². The number of fused-ring (bicyclic) bond motifs is 1. The average molecular weight is 409 g/mol. The summed E-state index contributed by atoms with van der Waals surface area (Å²) >= 11 is 7.16. The maximum atomic E-state index is 4.74. The van der Waals surface area contributed by atoms with E-state index in [-0.39, 0.29) is 6.04 Å². The Bertz CT molecular complexity index is 775. The van der Waals surface area contributed by atoms with Gasteiger partial charge >= 0.3 is 0 Å². The zero-order valence-corrected chi connectivity index (χ0v) is 14.9. The minimum atomic E-state index is 0.0948. The number of aryl methyl sites for hydroxylation is 1. The van der Waals surface area contributed by atoms with Crippen LogP contribution in [-0.2, 0) is 7.05 Å². The van der Waals surface area contributed by atoms with Crippen LogP contribution >= 0.6 is 31.9 Å². The van der Waals surface area contributed by atoms with Crippen LogP contribution in [0.5, 0.6) is 0 Å². The second kappa shape index (κ2) is 5.81. The molecule has 21 heavy (non-hydrogen) atoms. The zero-order valence-electron chi connectivity index (χ0n) is 11.8. The molecule has 1 heterocycles. The van der Waals surface area contributed by atoms with Crippen LogP contribution in [-0.4, -0.2) is 9.55 Å². The smallest absolute Gasteiger partial charge is 0.131 e. The maximum absolute atomic E-state index is 4.74. The lowest BCUT2D eigenvalue weighted by Crippen LogP contribution is -2.12. The molecule has 0 aliphatic heterocycles. The van der Waals surface area contributed by atoms with E-state index in [1.165, 1.54) is 0 Å². The number of nitrogens with zero attached hydrogens (tertiary/aromatic N) is 2. The summed E-state index contributed by atoms with van der Waals surface area (Å²) in [6.45, 7) is 2.12. The van der Waals surface area contributed by atoms with Crippen LogP contribution in [0.25, 0.3) is 11.0 Å². The predicted molar refractivity (Wildman–Crippen MR) is 94.6 cm³/mol. The van der Waals surface area contributed by atoms with E-state index in [9.17, 15) is 0 Å². The minimum absolute atomic E-state index is 0.0948. The fourth-order valence-electron chi connectivity index (χ4n) is 2.47. The standard InChI is InChI=1S/C16H15Br2N3/c1-10(19-15-11(17)6-5-7-12(15)18)16-20-13-8-3-4-9-14(13)21(16)2/h3-10,19H,1-2H3. The van der Waals surface area contributed by atoms with Crippen molar-refractivity contribution in [3.05, 3.63) is 57.2 Å². The van der Waals surface area contributed by atoms with E-state index in [4.69, 9.17) is 4.98 Å². The van der Waals surface area contributed by atoms with Crippen LogP contribution in [0, 0.1) is 0 Å². The van der Waals surface area contributed by atoms with Gasteiger partial charge in [0.05, 0.1) is 22.8 Å². The molecule has 0 fully saturated rings. The van der Waals surface area contributed by atoms with E-state index in [2.05, 4.69) is 61.8 Å².